The van der Waals surface area contributed by atoms with Crippen molar-refractivity contribution in [2.75, 3.05) is 13.1 Å². The third-order valence-corrected chi connectivity index (χ3v) is 4.44. The zero-order chi connectivity index (χ0) is 14.1. The van der Waals surface area contributed by atoms with Gasteiger partial charge in [-0.15, -0.1) is 0 Å². The second kappa shape index (κ2) is 5.41. The van der Waals surface area contributed by atoms with Gasteiger partial charge < -0.3 is 5.32 Å². The Bertz CT molecular complexity index is 607. The molecule has 106 valence electrons. The molecule has 0 bridgehead atoms. The molecule has 3 heteroatoms. The van der Waals surface area contributed by atoms with Gasteiger partial charge >= 0.3 is 0 Å². The minimum absolute atomic E-state index is 0.627. The Morgan fingerprint density at radius 1 is 1.10 bits per heavy atom. The molecule has 0 spiro atoms. The zero-order valence-corrected chi connectivity index (χ0v) is 12.6. The van der Waals surface area contributed by atoms with Crippen LogP contribution < -0.4 is 5.32 Å². The second-order valence-electron chi connectivity index (χ2n) is 5.95. The SMILES string of the molecule is Cc1ccc(C)c(-c2n[nH]c(C3CCNCC3)c2C)c1. The number of benzene rings is 1. The Morgan fingerprint density at radius 2 is 1.85 bits per heavy atom. The number of H-pyrrole nitrogens is 1. The third kappa shape index (κ3) is 2.38. The zero-order valence-electron chi connectivity index (χ0n) is 12.6. The molecule has 1 fully saturated rings. The van der Waals surface area contributed by atoms with Crippen molar-refractivity contribution in [2.24, 2.45) is 0 Å². The summed E-state index contributed by atoms with van der Waals surface area (Å²) in [6.07, 6.45) is 2.41. The first kappa shape index (κ1) is 13.4. The lowest BCUT2D eigenvalue weighted by Crippen LogP contribution is -2.27. The maximum Gasteiger partial charge on any atom is 0.0955 e. The molecule has 0 saturated carbocycles. The lowest BCUT2D eigenvalue weighted by atomic mass is 9.90. The predicted molar refractivity (Wildman–Crippen MR) is 83.1 cm³/mol. The van der Waals surface area contributed by atoms with Gasteiger partial charge in [-0.2, -0.15) is 5.10 Å². The molecular formula is C17H23N3. The van der Waals surface area contributed by atoms with Crippen molar-refractivity contribution in [2.45, 2.75) is 39.5 Å². The van der Waals surface area contributed by atoms with Crippen molar-refractivity contribution in [1.29, 1.82) is 0 Å². The summed E-state index contributed by atoms with van der Waals surface area (Å²) < 4.78 is 0. The molecule has 3 nitrogen and oxygen atoms in total. The maximum atomic E-state index is 4.62. The predicted octanol–water partition coefficient (Wildman–Crippen LogP) is 3.47. The van der Waals surface area contributed by atoms with Gasteiger partial charge in [0.15, 0.2) is 0 Å². The van der Waals surface area contributed by atoms with E-state index in [1.165, 1.54) is 40.8 Å². The fourth-order valence-corrected chi connectivity index (χ4v) is 3.17. The van der Waals surface area contributed by atoms with Gasteiger partial charge in [-0.05, 0) is 63.9 Å². The summed E-state index contributed by atoms with van der Waals surface area (Å²) >= 11 is 0. The average molecular weight is 269 g/mol. The molecule has 1 saturated heterocycles. The first-order chi connectivity index (χ1) is 9.66. The first-order valence-electron chi connectivity index (χ1n) is 7.50. The summed E-state index contributed by atoms with van der Waals surface area (Å²) in [4.78, 5) is 0. The van der Waals surface area contributed by atoms with E-state index in [1.54, 1.807) is 0 Å². The van der Waals surface area contributed by atoms with Crippen LogP contribution in [0.15, 0.2) is 18.2 Å². The summed E-state index contributed by atoms with van der Waals surface area (Å²) in [7, 11) is 0. The van der Waals surface area contributed by atoms with Gasteiger partial charge in [0.05, 0.1) is 5.69 Å². The fourth-order valence-electron chi connectivity index (χ4n) is 3.17. The van der Waals surface area contributed by atoms with Crippen LogP contribution in [0, 0.1) is 20.8 Å². The van der Waals surface area contributed by atoms with Gasteiger partial charge in [0.25, 0.3) is 0 Å². The Hall–Kier alpha value is -1.61. The number of aromatic nitrogens is 2. The Balaban J connectivity index is 1.99. The van der Waals surface area contributed by atoms with Crippen molar-refractivity contribution in [3.63, 3.8) is 0 Å². The van der Waals surface area contributed by atoms with Crippen molar-refractivity contribution in [1.82, 2.24) is 15.5 Å². The highest BCUT2D eigenvalue weighted by Crippen LogP contribution is 2.33. The van der Waals surface area contributed by atoms with Crippen LogP contribution in [0.1, 0.15) is 41.1 Å². The van der Waals surface area contributed by atoms with Gasteiger partial charge in [0, 0.05) is 17.2 Å². The molecule has 1 aliphatic heterocycles. The molecule has 2 N–H and O–H groups in total. The van der Waals surface area contributed by atoms with Crippen LogP contribution in [0.4, 0.5) is 0 Å². The summed E-state index contributed by atoms with van der Waals surface area (Å²) in [5.74, 6) is 0.627. The van der Waals surface area contributed by atoms with E-state index in [1.807, 2.05) is 0 Å². The van der Waals surface area contributed by atoms with Gasteiger partial charge in [-0.3, -0.25) is 5.10 Å². The van der Waals surface area contributed by atoms with Crippen LogP contribution in [0.25, 0.3) is 11.3 Å². The number of nitrogens with zero attached hydrogens (tertiary/aromatic N) is 1. The third-order valence-electron chi connectivity index (χ3n) is 4.44. The van der Waals surface area contributed by atoms with E-state index in [0.717, 1.165) is 18.8 Å². The molecule has 0 amide bonds. The molecule has 0 radical (unpaired) electrons. The van der Waals surface area contributed by atoms with Crippen molar-refractivity contribution in [3.05, 3.63) is 40.6 Å². The van der Waals surface area contributed by atoms with Gasteiger partial charge in [0.2, 0.25) is 0 Å². The molecule has 20 heavy (non-hydrogen) atoms. The minimum Gasteiger partial charge on any atom is -0.317 e. The first-order valence-corrected chi connectivity index (χ1v) is 7.50. The molecule has 3 rings (SSSR count). The molecule has 1 aromatic carbocycles. The normalized spacial score (nSPS) is 16.6. The van der Waals surface area contributed by atoms with Crippen LogP contribution in [0.2, 0.25) is 0 Å². The lowest BCUT2D eigenvalue weighted by Gasteiger charge is -2.22. The summed E-state index contributed by atoms with van der Waals surface area (Å²) in [6.45, 7) is 8.73. The number of hydrogen-bond donors (Lipinski definition) is 2. The van der Waals surface area contributed by atoms with Crippen molar-refractivity contribution >= 4 is 0 Å². The Kier molecular flexibility index (Phi) is 3.62. The number of hydrogen-bond acceptors (Lipinski definition) is 2. The molecule has 0 aliphatic carbocycles. The fraction of sp³-hybridized carbons (Fsp3) is 0.471. The second-order valence-corrected chi connectivity index (χ2v) is 5.95. The number of aromatic amines is 1. The van der Waals surface area contributed by atoms with Crippen LogP contribution in [0.3, 0.4) is 0 Å². The molecule has 1 aromatic heterocycles. The average Bonchev–Trinajstić information content (AvgIpc) is 2.84. The molecule has 0 unspecified atom stereocenters. The summed E-state index contributed by atoms with van der Waals surface area (Å²) in [5.41, 5.74) is 7.63. The quantitative estimate of drug-likeness (QED) is 0.876. The lowest BCUT2D eigenvalue weighted by molar-refractivity contribution is 0.451. The largest absolute Gasteiger partial charge is 0.317 e. The summed E-state index contributed by atoms with van der Waals surface area (Å²) in [6, 6.07) is 6.59. The van der Waals surface area contributed by atoms with E-state index in [0.29, 0.717) is 5.92 Å². The Labute approximate surface area is 120 Å². The Morgan fingerprint density at radius 3 is 2.60 bits per heavy atom. The van der Waals surface area contributed by atoms with E-state index in [-0.39, 0.29) is 0 Å². The minimum atomic E-state index is 0.627. The van der Waals surface area contributed by atoms with Crippen molar-refractivity contribution in [3.8, 4) is 11.3 Å². The van der Waals surface area contributed by atoms with E-state index >= 15 is 0 Å². The van der Waals surface area contributed by atoms with E-state index < -0.39 is 0 Å². The number of nitrogens with one attached hydrogen (secondary N) is 2. The molecule has 2 heterocycles. The van der Waals surface area contributed by atoms with Gasteiger partial charge in [0.1, 0.15) is 0 Å². The molecule has 2 aromatic rings. The topological polar surface area (TPSA) is 40.7 Å². The highest BCUT2D eigenvalue weighted by Gasteiger charge is 2.21. The highest BCUT2D eigenvalue weighted by atomic mass is 15.1. The van der Waals surface area contributed by atoms with E-state index in [9.17, 15) is 0 Å². The van der Waals surface area contributed by atoms with E-state index in [4.69, 9.17) is 0 Å². The smallest absolute Gasteiger partial charge is 0.0955 e. The highest BCUT2D eigenvalue weighted by molar-refractivity contribution is 5.68. The van der Waals surface area contributed by atoms with Crippen LogP contribution in [-0.4, -0.2) is 23.3 Å². The molecule has 1 aliphatic rings. The van der Waals surface area contributed by atoms with Crippen LogP contribution >= 0.6 is 0 Å². The molecular weight excluding hydrogens is 246 g/mol. The van der Waals surface area contributed by atoms with Gasteiger partial charge in [-0.25, -0.2) is 0 Å². The molecule has 0 atom stereocenters. The standard InChI is InChI=1S/C17H23N3/c1-11-4-5-12(2)15(10-11)17-13(3)16(19-20-17)14-6-8-18-9-7-14/h4-5,10,14,18H,6-9H2,1-3H3,(H,19,20). The van der Waals surface area contributed by atoms with Gasteiger partial charge in [-0.1, -0.05) is 17.7 Å². The van der Waals surface area contributed by atoms with Crippen LogP contribution in [0.5, 0.6) is 0 Å². The van der Waals surface area contributed by atoms with Crippen LogP contribution in [-0.2, 0) is 0 Å². The number of piperidine rings is 1. The van der Waals surface area contributed by atoms with E-state index in [2.05, 4.69) is 54.5 Å². The number of aryl methyl sites for hydroxylation is 2. The van der Waals surface area contributed by atoms with Crippen molar-refractivity contribution < 1.29 is 0 Å². The monoisotopic (exact) mass is 269 g/mol. The summed E-state index contributed by atoms with van der Waals surface area (Å²) in [5, 5.41) is 11.4. The number of rotatable bonds is 2. The maximum absolute atomic E-state index is 4.62.